The molecule has 0 fully saturated rings. The van der Waals surface area contributed by atoms with Gasteiger partial charge in [-0.2, -0.15) is 10.0 Å². The topological polar surface area (TPSA) is 12.9 Å². The van der Waals surface area contributed by atoms with E-state index in [0.29, 0.717) is 0 Å². The Bertz CT molecular complexity index is 302. The minimum atomic E-state index is -0.673. The molecule has 0 radical (unpaired) electrons. The molecule has 0 aromatic carbocycles. The van der Waals surface area contributed by atoms with Crippen LogP contribution in [0.3, 0.4) is 0 Å². The predicted octanol–water partition coefficient (Wildman–Crippen LogP) is 5.65. The largest absolute Gasteiger partial charge is 0.252 e. The van der Waals surface area contributed by atoms with Crippen molar-refractivity contribution >= 4 is 10.0 Å². The maximum Gasteiger partial charge on any atom is 0.0790 e. The van der Waals surface area contributed by atoms with Gasteiger partial charge in [-0.3, -0.25) is 4.98 Å². The molecule has 0 saturated carbocycles. The molecule has 0 spiro atoms. The van der Waals surface area contributed by atoms with E-state index in [2.05, 4.69) is 32.9 Å². The number of pyridine rings is 1. The van der Waals surface area contributed by atoms with E-state index in [0.717, 1.165) is 0 Å². The predicted molar refractivity (Wildman–Crippen MR) is 89.4 cm³/mol. The third kappa shape index (κ3) is 5.18. The molecule has 0 amide bonds. The maximum atomic E-state index is 4.75. The molecule has 2 heteroatoms. The lowest BCUT2D eigenvalue weighted by Gasteiger charge is -2.40. The summed E-state index contributed by atoms with van der Waals surface area (Å²) in [5, 5.41) is 1.42. The van der Waals surface area contributed by atoms with Gasteiger partial charge in [0.1, 0.15) is 0 Å². The molecule has 1 rings (SSSR count). The minimum Gasteiger partial charge on any atom is -0.252 e. The summed E-state index contributed by atoms with van der Waals surface area (Å²) in [6.07, 6.45) is 9.98. The molecule has 110 valence electrons. The first-order valence-electron chi connectivity index (χ1n) is 7.96. The van der Waals surface area contributed by atoms with Crippen LogP contribution in [0.2, 0.25) is 0 Å². The van der Waals surface area contributed by atoms with E-state index in [1.54, 1.807) is 0 Å². The standard InChI is InChI=1S/C17H31NS/c1-4-7-14-19(15-8-5-2,16-9-6-3)17-12-10-11-13-18-17/h10-13H,4-9,14-16H2,1-3H3. The van der Waals surface area contributed by atoms with Gasteiger partial charge in [-0.05, 0) is 48.7 Å². The van der Waals surface area contributed by atoms with Gasteiger partial charge in [-0.1, -0.05) is 46.1 Å². The van der Waals surface area contributed by atoms with E-state index in [1.165, 1.54) is 60.8 Å². The molecule has 0 aliphatic rings. The van der Waals surface area contributed by atoms with Crippen LogP contribution in [0.15, 0.2) is 29.4 Å². The van der Waals surface area contributed by atoms with Crippen molar-refractivity contribution in [2.45, 2.75) is 64.3 Å². The highest BCUT2D eigenvalue weighted by molar-refractivity contribution is 8.33. The van der Waals surface area contributed by atoms with Gasteiger partial charge in [-0.15, -0.1) is 0 Å². The molecule has 0 unspecified atom stereocenters. The smallest absolute Gasteiger partial charge is 0.0790 e. The van der Waals surface area contributed by atoms with Crippen molar-refractivity contribution in [2.75, 3.05) is 17.3 Å². The Morgan fingerprint density at radius 1 is 0.842 bits per heavy atom. The van der Waals surface area contributed by atoms with Crippen LogP contribution in [0.4, 0.5) is 0 Å². The number of aromatic nitrogens is 1. The SMILES string of the molecule is CCCCS(CCCC)(CCCC)c1ccccn1. The van der Waals surface area contributed by atoms with Crippen LogP contribution in [0.5, 0.6) is 0 Å². The fourth-order valence-electron chi connectivity index (χ4n) is 2.49. The van der Waals surface area contributed by atoms with E-state index >= 15 is 0 Å². The lowest BCUT2D eigenvalue weighted by Crippen LogP contribution is -2.16. The molecule has 1 nitrogen and oxygen atoms in total. The lowest BCUT2D eigenvalue weighted by atomic mass is 10.4. The van der Waals surface area contributed by atoms with Crippen molar-refractivity contribution in [3.63, 3.8) is 0 Å². The summed E-state index contributed by atoms with van der Waals surface area (Å²) in [6, 6.07) is 6.51. The first kappa shape index (κ1) is 16.6. The summed E-state index contributed by atoms with van der Waals surface area (Å²) in [4.78, 5) is 4.75. The Morgan fingerprint density at radius 2 is 1.37 bits per heavy atom. The molecule has 0 aliphatic heterocycles. The Kier molecular flexibility index (Phi) is 8.20. The van der Waals surface area contributed by atoms with Gasteiger partial charge in [-0.25, -0.2) is 0 Å². The van der Waals surface area contributed by atoms with Gasteiger partial charge in [0.25, 0.3) is 0 Å². The fraction of sp³-hybridized carbons (Fsp3) is 0.706. The van der Waals surface area contributed by atoms with Crippen LogP contribution >= 0.6 is 10.0 Å². The molecule has 0 N–H and O–H groups in total. The van der Waals surface area contributed by atoms with E-state index in [-0.39, 0.29) is 0 Å². The van der Waals surface area contributed by atoms with E-state index in [1.807, 2.05) is 12.3 Å². The van der Waals surface area contributed by atoms with Gasteiger partial charge in [0.15, 0.2) is 0 Å². The molecule has 1 aromatic heterocycles. The van der Waals surface area contributed by atoms with E-state index in [4.69, 9.17) is 4.98 Å². The maximum absolute atomic E-state index is 4.75. The summed E-state index contributed by atoms with van der Waals surface area (Å²) in [5.74, 6) is 4.17. The zero-order valence-electron chi connectivity index (χ0n) is 13.0. The average Bonchev–Trinajstić information content (AvgIpc) is 2.48. The number of hydrogen-bond acceptors (Lipinski definition) is 1. The van der Waals surface area contributed by atoms with Crippen molar-refractivity contribution in [2.24, 2.45) is 0 Å². The third-order valence-corrected chi connectivity index (χ3v) is 8.09. The lowest BCUT2D eigenvalue weighted by molar-refractivity contribution is 0.839. The highest BCUT2D eigenvalue weighted by atomic mass is 32.3. The monoisotopic (exact) mass is 281 g/mol. The Hall–Kier alpha value is -0.500. The average molecular weight is 282 g/mol. The van der Waals surface area contributed by atoms with Crippen molar-refractivity contribution in [1.82, 2.24) is 4.98 Å². The summed E-state index contributed by atoms with van der Waals surface area (Å²) >= 11 is 0. The van der Waals surface area contributed by atoms with Crippen LogP contribution < -0.4 is 0 Å². The molecule has 0 saturated heterocycles. The number of hydrogen-bond donors (Lipinski definition) is 0. The molecule has 0 bridgehead atoms. The van der Waals surface area contributed by atoms with Crippen LogP contribution in [0, 0.1) is 0 Å². The number of unbranched alkanes of at least 4 members (excludes halogenated alkanes) is 3. The van der Waals surface area contributed by atoms with Gasteiger partial charge in [0.05, 0.1) is 5.03 Å². The quantitative estimate of drug-likeness (QED) is 0.540. The van der Waals surface area contributed by atoms with Crippen molar-refractivity contribution < 1.29 is 0 Å². The second kappa shape index (κ2) is 9.41. The zero-order valence-corrected chi connectivity index (χ0v) is 13.8. The fourth-order valence-corrected chi connectivity index (χ4v) is 6.90. The van der Waals surface area contributed by atoms with E-state index < -0.39 is 10.0 Å². The second-order valence-corrected chi connectivity index (χ2v) is 9.12. The summed E-state index contributed by atoms with van der Waals surface area (Å²) in [5.41, 5.74) is 0. The first-order valence-corrected chi connectivity index (χ1v) is 10.1. The molecule has 0 atom stereocenters. The van der Waals surface area contributed by atoms with Crippen molar-refractivity contribution in [3.8, 4) is 0 Å². The van der Waals surface area contributed by atoms with Gasteiger partial charge >= 0.3 is 0 Å². The molecular formula is C17H31NS. The molecule has 1 heterocycles. The minimum absolute atomic E-state index is 0.673. The highest BCUT2D eigenvalue weighted by Gasteiger charge is 2.25. The van der Waals surface area contributed by atoms with Crippen LogP contribution in [0.25, 0.3) is 0 Å². The van der Waals surface area contributed by atoms with Gasteiger partial charge in [0, 0.05) is 6.20 Å². The zero-order chi connectivity index (χ0) is 14.0. The van der Waals surface area contributed by atoms with Crippen LogP contribution in [0.1, 0.15) is 59.3 Å². The number of nitrogens with zero attached hydrogens (tertiary/aromatic N) is 1. The summed E-state index contributed by atoms with van der Waals surface area (Å²) in [6.45, 7) is 6.92. The summed E-state index contributed by atoms with van der Waals surface area (Å²) in [7, 11) is -0.673. The Balaban J connectivity index is 2.94. The van der Waals surface area contributed by atoms with Crippen molar-refractivity contribution in [1.29, 1.82) is 0 Å². The van der Waals surface area contributed by atoms with Crippen LogP contribution in [-0.4, -0.2) is 22.2 Å². The Morgan fingerprint density at radius 3 is 1.74 bits per heavy atom. The van der Waals surface area contributed by atoms with Gasteiger partial charge < -0.3 is 0 Å². The first-order chi connectivity index (χ1) is 9.29. The normalized spacial score (nSPS) is 12.6. The molecular weight excluding hydrogens is 250 g/mol. The molecule has 0 aliphatic carbocycles. The van der Waals surface area contributed by atoms with Crippen LogP contribution in [-0.2, 0) is 0 Å². The molecule has 1 aromatic rings. The van der Waals surface area contributed by atoms with Gasteiger partial charge in [0.2, 0.25) is 0 Å². The second-order valence-electron chi connectivity index (χ2n) is 5.39. The number of rotatable bonds is 10. The van der Waals surface area contributed by atoms with Crippen molar-refractivity contribution in [3.05, 3.63) is 24.4 Å². The highest BCUT2D eigenvalue weighted by Crippen LogP contribution is 2.56. The summed E-state index contributed by atoms with van der Waals surface area (Å²) < 4.78 is 0. The van der Waals surface area contributed by atoms with E-state index in [9.17, 15) is 0 Å². The Labute approximate surface area is 121 Å². The third-order valence-electron chi connectivity index (χ3n) is 3.75. The molecule has 19 heavy (non-hydrogen) atoms.